The van der Waals surface area contributed by atoms with Crippen LogP contribution in [0.25, 0.3) is 0 Å². The van der Waals surface area contributed by atoms with Crippen LogP contribution in [0.2, 0.25) is 0 Å². The van der Waals surface area contributed by atoms with Crippen LogP contribution in [0.4, 0.5) is 0 Å². The molecule has 2 heterocycles. The van der Waals surface area contributed by atoms with Crippen molar-refractivity contribution >= 4 is 17.2 Å². The van der Waals surface area contributed by atoms with E-state index < -0.39 is 11.0 Å². The molecular weight excluding hydrogens is 396 g/mol. The highest BCUT2D eigenvalue weighted by atomic mass is 32.1. The predicted octanol–water partition coefficient (Wildman–Crippen LogP) is 4.03. The molecule has 6 heteroatoms. The van der Waals surface area contributed by atoms with Crippen LogP contribution in [0.1, 0.15) is 77.0 Å². The van der Waals surface area contributed by atoms with Crippen LogP contribution in [0.5, 0.6) is 0 Å². The molecule has 1 aromatic heterocycles. The van der Waals surface area contributed by atoms with Gasteiger partial charge in [0.1, 0.15) is 0 Å². The van der Waals surface area contributed by atoms with Gasteiger partial charge in [0.05, 0.1) is 11.0 Å². The molecule has 0 radical (unpaired) electrons. The normalized spacial score (nSPS) is 37.1. The number of rotatable bonds is 3. The average molecular weight is 433 g/mol. The Balaban J connectivity index is 1.47. The van der Waals surface area contributed by atoms with Crippen molar-refractivity contribution in [1.82, 2.24) is 4.57 Å². The van der Waals surface area contributed by atoms with Crippen molar-refractivity contribution in [2.45, 2.75) is 89.7 Å². The Labute approximate surface area is 183 Å². The second kappa shape index (κ2) is 7.28. The molecule has 4 aliphatic carbocycles. The molecule has 1 amide bonds. The zero-order valence-electron chi connectivity index (χ0n) is 18.7. The fourth-order valence-corrected chi connectivity index (χ4v) is 7.88. The monoisotopic (exact) mass is 432 g/mol. The fourth-order valence-electron chi connectivity index (χ4n) is 6.82. The molecular formula is C24H36N2O3S. The van der Waals surface area contributed by atoms with Gasteiger partial charge in [-0.15, -0.1) is 11.3 Å². The molecule has 0 spiro atoms. The van der Waals surface area contributed by atoms with Gasteiger partial charge in [-0.2, -0.15) is 4.99 Å². The highest BCUT2D eigenvalue weighted by molar-refractivity contribution is 7.09. The van der Waals surface area contributed by atoms with Crippen LogP contribution in [0.3, 0.4) is 0 Å². The Bertz CT molecular complexity index is 873. The molecule has 1 N–H and O–H groups in total. The minimum absolute atomic E-state index is 0.0260. The lowest BCUT2D eigenvalue weighted by Gasteiger charge is -2.58. The van der Waals surface area contributed by atoms with Crippen LogP contribution in [0.15, 0.2) is 11.2 Å². The highest BCUT2D eigenvalue weighted by Gasteiger charge is 2.60. The topological polar surface area (TPSA) is 63.8 Å². The number of hydrogen-bond donors (Lipinski definition) is 1. The largest absolute Gasteiger partial charge is 0.390 e. The lowest BCUT2D eigenvalue weighted by Crippen LogP contribution is -2.58. The summed E-state index contributed by atoms with van der Waals surface area (Å²) in [6.07, 6.45) is 9.78. The van der Waals surface area contributed by atoms with Gasteiger partial charge >= 0.3 is 0 Å². The van der Waals surface area contributed by atoms with Crippen LogP contribution in [-0.2, 0) is 21.5 Å². The number of thiazole rings is 1. The van der Waals surface area contributed by atoms with Crippen molar-refractivity contribution in [2.24, 2.45) is 28.2 Å². The standard InChI is InChI=1S/C24H36N2O3S/c1-22(2,3)19-14-26(13-16-4-6-29-7-5-16)21(30-19)25-20(27)23-9-17-8-18(10-23)12-24(28,11-17)15-23/h14,16-18,28H,4-13,15H2,1-3H3/b25-21-. The first-order chi connectivity index (χ1) is 14.1. The molecule has 4 saturated carbocycles. The second-order valence-electron chi connectivity index (χ2n) is 11.7. The number of aromatic nitrogens is 1. The Morgan fingerprint density at radius 3 is 2.50 bits per heavy atom. The molecule has 5 fully saturated rings. The maximum absolute atomic E-state index is 13.6. The van der Waals surface area contributed by atoms with Crippen molar-refractivity contribution in [3.8, 4) is 0 Å². The van der Waals surface area contributed by atoms with Gasteiger partial charge in [0.2, 0.25) is 0 Å². The second-order valence-corrected chi connectivity index (χ2v) is 12.7. The first-order valence-electron chi connectivity index (χ1n) is 11.7. The summed E-state index contributed by atoms with van der Waals surface area (Å²) in [6, 6.07) is 0. The number of carbonyl (C=O) groups excluding carboxylic acids is 1. The van der Waals surface area contributed by atoms with Gasteiger partial charge < -0.3 is 14.4 Å². The molecule has 30 heavy (non-hydrogen) atoms. The van der Waals surface area contributed by atoms with Gasteiger partial charge in [0, 0.05) is 30.8 Å². The summed E-state index contributed by atoms with van der Waals surface area (Å²) in [6.45, 7) is 9.23. The van der Waals surface area contributed by atoms with Gasteiger partial charge in [-0.25, -0.2) is 0 Å². The zero-order valence-corrected chi connectivity index (χ0v) is 19.5. The third-order valence-corrected chi connectivity index (χ3v) is 9.38. The van der Waals surface area contributed by atoms with Gasteiger partial charge in [0.25, 0.3) is 5.91 Å². The minimum Gasteiger partial charge on any atom is -0.390 e. The Hall–Kier alpha value is -0.980. The highest BCUT2D eigenvalue weighted by Crippen LogP contribution is 2.62. The fraction of sp³-hybridized carbons (Fsp3) is 0.833. The molecule has 166 valence electrons. The molecule has 6 rings (SSSR count). The van der Waals surface area contributed by atoms with E-state index >= 15 is 0 Å². The Morgan fingerprint density at radius 2 is 1.90 bits per heavy atom. The molecule has 5 aliphatic rings. The molecule has 4 bridgehead atoms. The van der Waals surface area contributed by atoms with Crippen molar-refractivity contribution < 1.29 is 14.6 Å². The Kier molecular flexibility index (Phi) is 5.07. The molecule has 1 saturated heterocycles. The van der Waals surface area contributed by atoms with Crippen molar-refractivity contribution in [1.29, 1.82) is 0 Å². The van der Waals surface area contributed by atoms with Gasteiger partial charge in [-0.05, 0) is 74.5 Å². The van der Waals surface area contributed by atoms with Crippen molar-refractivity contribution in [3.63, 3.8) is 0 Å². The number of carbonyl (C=O) groups is 1. The minimum atomic E-state index is -0.626. The van der Waals surface area contributed by atoms with E-state index in [0.717, 1.165) is 63.1 Å². The number of hydrogen-bond acceptors (Lipinski definition) is 4. The average Bonchev–Trinajstić information content (AvgIpc) is 3.03. The predicted molar refractivity (Wildman–Crippen MR) is 117 cm³/mol. The number of amides is 1. The maximum atomic E-state index is 13.6. The SMILES string of the molecule is CC(C)(C)c1cn(CC2CCOCC2)/c(=N/C(=O)C23CC4CC(CC(O)(C4)C2)C3)s1. The van der Waals surface area contributed by atoms with Gasteiger partial charge in [-0.3, -0.25) is 4.79 Å². The summed E-state index contributed by atoms with van der Waals surface area (Å²) in [5.74, 6) is 1.60. The smallest absolute Gasteiger partial charge is 0.254 e. The number of ether oxygens (including phenoxy) is 1. The molecule has 2 unspecified atom stereocenters. The summed E-state index contributed by atoms with van der Waals surface area (Å²) in [7, 11) is 0. The maximum Gasteiger partial charge on any atom is 0.254 e. The van der Waals surface area contributed by atoms with E-state index in [4.69, 9.17) is 9.73 Å². The quantitative estimate of drug-likeness (QED) is 0.784. The van der Waals surface area contributed by atoms with E-state index in [1.54, 1.807) is 11.3 Å². The summed E-state index contributed by atoms with van der Waals surface area (Å²) in [5, 5.41) is 11.1. The van der Waals surface area contributed by atoms with Crippen LogP contribution >= 0.6 is 11.3 Å². The summed E-state index contributed by atoms with van der Waals surface area (Å²) in [4.78, 5) is 20.5. The van der Waals surface area contributed by atoms with E-state index in [-0.39, 0.29) is 11.3 Å². The Morgan fingerprint density at radius 1 is 1.23 bits per heavy atom. The third-order valence-electron chi connectivity index (χ3n) is 7.94. The van der Waals surface area contributed by atoms with E-state index in [0.29, 0.717) is 24.2 Å². The first-order valence-corrected chi connectivity index (χ1v) is 12.6. The van der Waals surface area contributed by atoms with E-state index in [9.17, 15) is 9.90 Å². The lowest BCUT2D eigenvalue weighted by molar-refractivity contribution is -0.175. The van der Waals surface area contributed by atoms with Gasteiger partial charge in [-0.1, -0.05) is 20.8 Å². The van der Waals surface area contributed by atoms with Crippen LogP contribution < -0.4 is 4.80 Å². The van der Waals surface area contributed by atoms with Crippen LogP contribution in [0, 0.1) is 23.2 Å². The van der Waals surface area contributed by atoms with Crippen LogP contribution in [-0.4, -0.2) is 34.4 Å². The zero-order chi connectivity index (χ0) is 21.1. The van der Waals surface area contributed by atoms with Crippen molar-refractivity contribution in [3.05, 3.63) is 15.9 Å². The van der Waals surface area contributed by atoms with Gasteiger partial charge in [0.15, 0.2) is 4.80 Å². The summed E-state index contributed by atoms with van der Waals surface area (Å²) >= 11 is 1.67. The number of nitrogens with zero attached hydrogens (tertiary/aromatic N) is 2. The first kappa shape index (κ1) is 20.9. The van der Waals surface area contributed by atoms with E-state index in [1.807, 2.05) is 0 Å². The van der Waals surface area contributed by atoms with Crippen molar-refractivity contribution in [2.75, 3.05) is 13.2 Å². The van der Waals surface area contributed by atoms with E-state index in [1.165, 1.54) is 11.3 Å². The summed E-state index contributed by atoms with van der Waals surface area (Å²) < 4.78 is 7.76. The third kappa shape index (κ3) is 3.84. The number of aliphatic hydroxyl groups is 1. The summed E-state index contributed by atoms with van der Waals surface area (Å²) in [5.41, 5.74) is -1.02. The van der Waals surface area contributed by atoms with E-state index in [2.05, 4.69) is 31.5 Å². The molecule has 2 atom stereocenters. The molecule has 1 aliphatic heterocycles. The molecule has 0 aromatic carbocycles. The lowest BCUT2D eigenvalue weighted by atomic mass is 9.47. The molecule has 5 nitrogen and oxygen atoms in total. The molecule has 1 aromatic rings.